The van der Waals surface area contributed by atoms with E-state index in [1.54, 1.807) is 6.20 Å². The smallest absolute Gasteiger partial charge is 0.305 e. The van der Waals surface area contributed by atoms with Crippen molar-refractivity contribution in [3.05, 3.63) is 24.4 Å². The molecular weight excluding hydrogens is 217 g/mol. The lowest BCUT2D eigenvalue weighted by atomic mass is 10.2. The van der Waals surface area contributed by atoms with Crippen LogP contribution >= 0.6 is 0 Å². The van der Waals surface area contributed by atoms with Crippen LogP contribution in [0.25, 0.3) is 0 Å². The van der Waals surface area contributed by atoms with Gasteiger partial charge in [0.2, 0.25) is 0 Å². The molecule has 1 rings (SSSR count). The fourth-order valence-electron chi connectivity index (χ4n) is 2.46. The molecule has 0 atom stereocenters. The quantitative estimate of drug-likeness (QED) is 0.536. The van der Waals surface area contributed by atoms with Crippen LogP contribution in [0, 0.1) is 0 Å². The molecule has 0 saturated carbocycles. The van der Waals surface area contributed by atoms with E-state index in [9.17, 15) is 0 Å². The van der Waals surface area contributed by atoms with Gasteiger partial charge in [0.1, 0.15) is 0 Å². The van der Waals surface area contributed by atoms with Crippen molar-refractivity contribution >= 4 is 13.7 Å². The molecule has 0 aromatic carbocycles. The molecule has 16 heavy (non-hydrogen) atoms. The maximum absolute atomic E-state index is 15.6. The van der Waals surface area contributed by atoms with Crippen molar-refractivity contribution in [1.82, 2.24) is 4.98 Å². The topological polar surface area (TPSA) is 12.9 Å². The maximum atomic E-state index is 15.6. The summed E-state index contributed by atoms with van der Waals surface area (Å²) < 4.78 is 15.6. The van der Waals surface area contributed by atoms with Crippen molar-refractivity contribution in [2.75, 3.05) is 0 Å². The van der Waals surface area contributed by atoms with Crippen LogP contribution in [0.4, 0.5) is 4.11 Å². The predicted molar refractivity (Wildman–Crippen MR) is 70.2 cm³/mol. The van der Waals surface area contributed by atoms with E-state index in [1.165, 1.54) is 0 Å². The van der Waals surface area contributed by atoms with Crippen LogP contribution < -0.4 is 5.32 Å². The molecule has 0 fully saturated rings. The first-order valence-corrected chi connectivity index (χ1v) is 7.59. The van der Waals surface area contributed by atoms with Crippen LogP contribution in [-0.4, -0.2) is 13.4 Å². The van der Waals surface area contributed by atoms with E-state index in [0.29, 0.717) is 5.32 Å². The number of hydrogen-bond donors (Lipinski definition) is 0. The molecule has 0 aliphatic carbocycles. The molecule has 3 heteroatoms. The summed E-state index contributed by atoms with van der Waals surface area (Å²) in [6.45, 7) is 11.9. The third-order valence-electron chi connectivity index (χ3n) is 3.08. The summed E-state index contributed by atoms with van der Waals surface area (Å²) in [6, 6.07) is 5.55. The average molecular weight is 239 g/mol. The molecule has 0 spiro atoms. The fraction of sp³-hybridized carbons (Fsp3) is 0.615. The molecule has 0 aliphatic heterocycles. The highest BCUT2D eigenvalue weighted by molar-refractivity contribution is 6.90. The molecule has 0 N–H and O–H groups in total. The minimum atomic E-state index is -3.14. The largest absolute Gasteiger partial charge is 0.306 e. The number of nitrogens with zero attached hydrogens (tertiary/aromatic N) is 1. The van der Waals surface area contributed by atoms with Gasteiger partial charge >= 0.3 is 8.41 Å². The van der Waals surface area contributed by atoms with Crippen LogP contribution in [0.5, 0.6) is 0 Å². The van der Waals surface area contributed by atoms with Gasteiger partial charge in [-0.05, 0) is 22.2 Å². The van der Waals surface area contributed by atoms with Gasteiger partial charge in [0.15, 0.2) is 0 Å². The highest BCUT2D eigenvalue weighted by Gasteiger charge is 2.57. The van der Waals surface area contributed by atoms with Crippen molar-refractivity contribution in [3.63, 3.8) is 0 Å². The van der Waals surface area contributed by atoms with E-state index < -0.39 is 8.41 Å². The van der Waals surface area contributed by atoms with Crippen LogP contribution in [0.3, 0.4) is 0 Å². The molecule has 1 heterocycles. The van der Waals surface area contributed by atoms with E-state index >= 15 is 4.11 Å². The Kier molecular flexibility index (Phi) is 3.30. The van der Waals surface area contributed by atoms with Gasteiger partial charge in [0, 0.05) is 6.20 Å². The summed E-state index contributed by atoms with van der Waals surface area (Å²) in [5.74, 6) is 0. The second kappa shape index (κ2) is 3.95. The highest BCUT2D eigenvalue weighted by Crippen LogP contribution is 2.50. The zero-order valence-corrected chi connectivity index (χ0v) is 12.1. The average Bonchev–Trinajstić information content (AvgIpc) is 2.14. The van der Waals surface area contributed by atoms with Gasteiger partial charge in [0.05, 0.1) is 5.32 Å². The normalized spacial score (nSPS) is 13.9. The number of rotatable bonds is 1. The first-order valence-electron chi connectivity index (χ1n) is 5.71. The second-order valence-corrected chi connectivity index (χ2v) is 11.2. The molecule has 0 bridgehead atoms. The Morgan fingerprint density at radius 2 is 1.50 bits per heavy atom. The highest BCUT2D eigenvalue weighted by atomic mass is 28.4. The SMILES string of the molecule is CC(C)(C)[Si](F)(c1ccccn1)C(C)(C)C. The number of aromatic nitrogens is 1. The summed E-state index contributed by atoms with van der Waals surface area (Å²) in [7, 11) is -3.14. The summed E-state index contributed by atoms with van der Waals surface area (Å²) in [5.41, 5.74) is 0. The Morgan fingerprint density at radius 3 is 1.81 bits per heavy atom. The zero-order chi connectivity index (χ0) is 12.6. The molecule has 1 aromatic heterocycles. The van der Waals surface area contributed by atoms with Crippen molar-refractivity contribution in [2.24, 2.45) is 0 Å². The minimum Gasteiger partial charge on any atom is -0.305 e. The van der Waals surface area contributed by atoms with Gasteiger partial charge in [-0.2, -0.15) is 0 Å². The van der Waals surface area contributed by atoms with Crippen LogP contribution in [0.2, 0.25) is 10.1 Å². The summed E-state index contributed by atoms with van der Waals surface area (Å²) >= 11 is 0. The van der Waals surface area contributed by atoms with Crippen molar-refractivity contribution in [3.8, 4) is 0 Å². The second-order valence-electron chi connectivity index (χ2n) is 6.37. The van der Waals surface area contributed by atoms with E-state index in [1.807, 2.05) is 59.7 Å². The molecule has 0 radical (unpaired) electrons. The van der Waals surface area contributed by atoms with E-state index in [2.05, 4.69) is 4.98 Å². The first-order chi connectivity index (χ1) is 7.11. The summed E-state index contributed by atoms with van der Waals surface area (Å²) in [6.07, 6.45) is 1.69. The van der Waals surface area contributed by atoms with E-state index in [-0.39, 0.29) is 10.1 Å². The third kappa shape index (κ3) is 2.05. The van der Waals surface area contributed by atoms with E-state index in [4.69, 9.17) is 0 Å². The van der Waals surface area contributed by atoms with Gasteiger partial charge in [-0.3, -0.25) is 4.98 Å². The van der Waals surface area contributed by atoms with Crippen molar-refractivity contribution in [2.45, 2.75) is 51.6 Å². The lowest BCUT2D eigenvalue weighted by Crippen LogP contribution is -2.58. The molecule has 90 valence electrons. The van der Waals surface area contributed by atoms with E-state index in [0.717, 1.165) is 0 Å². The Labute approximate surface area is 99.3 Å². The number of pyridine rings is 1. The van der Waals surface area contributed by atoms with Gasteiger partial charge in [-0.25, -0.2) is 0 Å². The molecule has 1 aromatic rings. The number of hydrogen-bond acceptors (Lipinski definition) is 1. The molecule has 0 aliphatic rings. The third-order valence-corrected chi connectivity index (χ3v) is 8.22. The Bertz CT molecular complexity index is 334. The Morgan fingerprint density at radius 1 is 1.00 bits per heavy atom. The van der Waals surface area contributed by atoms with Crippen molar-refractivity contribution < 1.29 is 4.11 Å². The monoisotopic (exact) mass is 239 g/mol. The standard InChI is InChI=1S/C13H22FNSi/c1-12(2,3)16(14,13(4,5)6)11-9-7-8-10-15-11/h7-10H,1-6H3. The molecule has 0 saturated heterocycles. The van der Waals surface area contributed by atoms with Crippen LogP contribution in [0.1, 0.15) is 41.5 Å². The van der Waals surface area contributed by atoms with Crippen LogP contribution in [-0.2, 0) is 0 Å². The first kappa shape index (κ1) is 13.4. The lowest BCUT2D eigenvalue weighted by molar-refractivity contribution is 0.533. The molecule has 0 unspecified atom stereocenters. The van der Waals surface area contributed by atoms with Gasteiger partial charge in [-0.1, -0.05) is 47.6 Å². The predicted octanol–water partition coefficient (Wildman–Crippen LogP) is 3.80. The van der Waals surface area contributed by atoms with Crippen LogP contribution in [0.15, 0.2) is 24.4 Å². The number of halogens is 1. The minimum absolute atomic E-state index is 0.348. The molecular formula is C13H22FNSi. The maximum Gasteiger partial charge on any atom is 0.306 e. The van der Waals surface area contributed by atoms with Crippen molar-refractivity contribution in [1.29, 1.82) is 0 Å². The van der Waals surface area contributed by atoms with Gasteiger partial charge in [0.25, 0.3) is 0 Å². The molecule has 1 nitrogen and oxygen atoms in total. The summed E-state index contributed by atoms with van der Waals surface area (Å²) in [4.78, 5) is 4.27. The Hall–Kier alpha value is -0.703. The Balaban J connectivity index is 3.39. The summed E-state index contributed by atoms with van der Waals surface area (Å²) in [5, 5.41) is -0.0332. The van der Waals surface area contributed by atoms with Gasteiger partial charge < -0.3 is 4.11 Å². The lowest BCUT2D eigenvalue weighted by Gasteiger charge is -2.43. The molecule has 0 amide bonds. The zero-order valence-electron chi connectivity index (χ0n) is 11.1. The van der Waals surface area contributed by atoms with Gasteiger partial charge in [-0.15, -0.1) is 0 Å². The fourth-order valence-corrected chi connectivity index (χ4v) is 6.83.